The first-order valence-corrected chi connectivity index (χ1v) is 19.4. The minimum absolute atomic E-state index is 0.0500. The number of hydrogen-bond donors (Lipinski definition) is 2. The predicted octanol–water partition coefficient (Wildman–Crippen LogP) is 7.05. The number of benzene rings is 2. The Hall–Kier alpha value is -5.36. The number of rotatable bonds is 6. The summed E-state index contributed by atoms with van der Waals surface area (Å²) in [5, 5.41) is 11.1. The molecule has 4 saturated heterocycles. The molecule has 0 aliphatic carbocycles. The number of piperazine rings is 1. The molecule has 57 heavy (non-hydrogen) atoms. The van der Waals surface area contributed by atoms with E-state index in [1.807, 2.05) is 0 Å². The molecule has 4 aliphatic heterocycles. The number of amides is 1. The van der Waals surface area contributed by atoms with E-state index >= 15 is 4.39 Å². The van der Waals surface area contributed by atoms with Crippen LogP contribution >= 0.6 is 0 Å². The number of hydrogen-bond acceptors (Lipinski definition) is 10. The van der Waals surface area contributed by atoms with Crippen LogP contribution in [-0.4, -0.2) is 98.7 Å². The van der Waals surface area contributed by atoms with Gasteiger partial charge in [0.2, 0.25) is 6.29 Å². The summed E-state index contributed by atoms with van der Waals surface area (Å²) in [5.41, 5.74) is -1.07. The van der Waals surface area contributed by atoms with E-state index in [4.69, 9.17) is 11.2 Å². The minimum atomic E-state index is -1.05. The number of pyridine rings is 1. The molecule has 5 atom stereocenters. The van der Waals surface area contributed by atoms with Gasteiger partial charge in [-0.2, -0.15) is 4.98 Å². The Balaban J connectivity index is 0.000000305. The summed E-state index contributed by atoms with van der Waals surface area (Å²) in [7, 11) is 0. The summed E-state index contributed by atoms with van der Waals surface area (Å²) in [5.74, 6) is 1.54. The van der Waals surface area contributed by atoms with Gasteiger partial charge in [-0.1, -0.05) is 39.2 Å². The molecule has 0 radical (unpaired) electrons. The molecule has 0 spiro atoms. The van der Waals surface area contributed by atoms with Gasteiger partial charge in [-0.15, -0.1) is 6.42 Å². The molecular weight excluding hydrogens is 741 g/mol. The van der Waals surface area contributed by atoms with Crippen LogP contribution in [-0.2, 0) is 14.3 Å². The quantitative estimate of drug-likeness (QED) is 0.119. The zero-order chi connectivity index (χ0) is 41.2. The summed E-state index contributed by atoms with van der Waals surface area (Å²) < 4.78 is 53.5. The lowest BCUT2D eigenvalue weighted by Gasteiger charge is -2.41. The maximum Gasteiger partial charge on any atom is 0.413 e. The first-order valence-electron chi connectivity index (χ1n) is 19.4. The largest absolute Gasteiger partial charge is 0.508 e. The highest BCUT2D eigenvalue weighted by Gasteiger charge is 2.46. The lowest BCUT2D eigenvalue weighted by atomic mass is 9.96. The van der Waals surface area contributed by atoms with Crippen molar-refractivity contribution in [3.63, 3.8) is 0 Å². The van der Waals surface area contributed by atoms with Crippen LogP contribution in [0.4, 0.5) is 23.8 Å². The van der Waals surface area contributed by atoms with Gasteiger partial charge in [0.05, 0.1) is 28.6 Å². The van der Waals surface area contributed by atoms with Crippen molar-refractivity contribution in [2.75, 3.05) is 31.1 Å². The lowest BCUT2D eigenvalue weighted by Crippen LogP contribution is -2.56. The number of phenolic OH excluding ortho intramolecular Hbond substituents is 1. The number of anilines is 1. The molecule has 2 aromatic carbocycles. The summed E-state index contributed by atoms with van der Waals surface area (Å²) in [6.45, 7) is 12.8. The fourth-order valence-electron chi connectivity index (χ4n) is 8.34. The van der Waals surface area contributed by atoms with Crippen LogP contribution < -0.4 is 10.6 Å². The van der Waals surface area contributed by atoms with E-state index in [1.54, 1.807) is 9.80 Å². The molecule has 304 valence electrons. The maximum atomic E-state index is 16.2. The zero-order valence-corrected chi connectivity index (χ0v) is 32.9. The second kappa shape index (κ2) is 17.0. The third kappa shape index (κ3) is 8.51. The number of terminal acetylenes is 1. The summed E-state index contributed by atoms with van der Waals surface area (Å²) in [4.78, 5) is 52.5. The standard InChI is InChI=1S/C29H23F2N5O6.C8H14FN.C5H12/c1-3-19-22(30)7-4-15-8-18(38)9-20(23(15)19)25-24(31)26-21(10-32-25)27(34-28(39)33-26)35-11-16-5-6-17(12-35)36(16)29(40)42-14(2)41-13-37;1-8-3-2-4-10(8)6-7(9)5-8;1-4-5(2)3/h1,4,7-10,13-14,16-17,38H,5-6,11-12H2,2H3,(H,33,34,39);7H,2-6H2,1H3;5H,4H2,1-3H3/t;7-,8+;/m.1./s1. The molecule has 2 aromatic heterocycles. The molecule has 4 aliphatic rings. The Morgan fingerprint density at radius 2 is 1.88 bits per heavy atom. The fraction of sp³-hybridized carbons (Fsp3) is 0.500. The van der Waals surface area contributed by atoms with Crippen LogP contribution in [0, 0.1) is 29.9 Å². The van der Waals surface area contributed by atoms with Gasteiger partial charge < -0.3 is 24.5 Å². The van der Waals surface area contributed by atoms with Crippen molar-refractivity contribution in [2.24, 2.45) is 5.92 Å². The fourth-order valence-corrected chi connectivity index (χ4v) is 8.34. The number of fused-ring (bicyclic) bond motifs is 5. The second-order valence-corrected chi connectivity index (χ2v) is 15.8. The molecule has 3 unspecified atom stereocenters. The average Bonchev–Trinajstić information content (AvgIpc) is 3.76. The Labute approximate surface area is 329 Å². The molecule has 2 N–H and O–H groups in total. The molecule has 4 fully saturated rings. The van der Waals surface area contributed by atoms with Crippen molar-refractivity contribution in [1.82, 2.24) is 24.8 Å². The van der Waals surface area contributed by atoms with Crippen LogP contribution in [0.15, 0.2) is 35.3 Å². The number of H-pyrrole nitrogens is 1. The van der Waals surface area contributed by atoms with E-state index in [-0.39, 0.29) is 81.9 Å². The molecule has 12 nitrogen and oxygen atoms in total. The van der Waals surface area contributed by atoms with Gasteiger partial charge in [0.1, 0.15) is 29.3 Å². The summed E-state index contributed by atoms with van der Waals surface area (Å²) in [6, 6.07) is 4.61. The van der Waals surface area contributed by atoms with Crippen molar-refractivity contribution in [1.29, 1.82) is 0 Å². The van der Waals surface area contributed by atoms with Crippen molar-refractivity contribution in [2.45, 2.75) is 103 Å². The van der Waals surface area contributed by atoms with Gasteiger partial charge >= 0.3 is 11.8 Å². The Bertz CT molecular complexity index is 2230. The number of phenols is 1. The number of carbonyl (C=O) groups excluding carboxylic acids is 2. The normalized spacial score (nSPS) is 23.0. The van der Waals surface area contributed by atoms with Gasteiger partial charge in [-0.3, -0.25) is 19.6 Å². The molecule has 4 aromatic rings. The lowest BCUT2D eigenvalue weighted by molar-refractivity contribution is -0.150. The van der Waals surface area contributed by atoms with E-state index in [0.717, 1.165) is 24.9 Å². The highest BCUT2D eigenvalue weighted by Crippen LogP contribution is 2.40. The smallest absolute Gasteiger partial charge is 0.413 e. The highest BCUT2D eigenvalue weighted by atomic mass is 19.1. The minimum Gasteiger partial charge on any atom is -0.508 e. The van der Waals surface area contributed by atoms with Crippen molar-refractivity contribution in [3.8, 4) is 29.4 Å². The van der Waals surface area contributed by atoms with E-state index in [9.17, 15) is 28.3 Å². The van der Waals surface area contributed by atoms with E-state index < -0.39 is 35.9 Å². The van der Waals surface area contributed by atoms with Gasteiger partial charge in [0.25, 0.3) is 6.47 Å². The molecule has 0 saturated carbocycles. The SMILES string of the molecule is C#Cc1c(F)ccc2cc(O)cc(-c3ncc4c(N5CC6CCC(C5)N6C(=O)OC(C)OC=O)nc(=O)[nH]c4c3F)c12.CCC(C)C.C[C@@]12CCCN1C[C@H](F)C2. The van der Waals surface area contributed by atoms with E-state index in [0.29, 0.717) is 24.8 Å². The van der Waals surface area contributed by atoms with Crippen LogP contribution in [0.1, 0.15) is 78.7 Å². The number of aromatic nitrogens is 3. The first kappa shape index (κ1) is 41.3. The van der Waals surface area contributed by atoms with Crippen LogP contribution in [0.3, 0.4) is 0 Å². The number of nitrogens with one attached hydrogen (secondary N) is 1. The summed E-state index contributed by atoms with van der Waals surface area (Å²) in [6.07, 6.45) is 10.6. The second-order valence-electron chi connectivity index (χ2n) is 15.8. The molecule has 15 heteroatoms. The van der Waals surface area contributed by atoms with E-state index in [2.05, 4.69) is 58.2 Å². The van der Waals surface area contributed by atoms with Crippen LogP contribution in [0.5, 0.6) is 5.75 Å². The third-order valence-corrected chi connectivity index (χ3v) is 11.5. The number of alkyl halides is 1. The van der Waals surface area contributed by atoms with Gasteiger partial charge in [-0.05, 0) is 75.1 Å². The number of carbonyl (C=O) groups is 2. The van der Waals surface area contributed by atoms with Gasteiger partial charge in [0, 0.05) is 49.2 Å². The van der Waals surface area contributed by atoms with Crippen molar-refractivity contribution < 1.29 is 37.3 Å². The Morgan fingerprint density at radius 3 is 2.51 bits per heavy atom. The Kier molecular flexibility index (Phi) is 12.3. The first-order chi connectivity index (χ1) is 27.2. The number of nitrogens with zero attached hydrogens (tertiary/aromatic N) is 5. The molecule has 1 amide bonds. The zero-order valence-electron chi connectivity index (χ0n) is 32.9. The highest BCUT2D eigenvalue weighted by molar-refractivity contribution is 6.03. The number of halogens is 3. The number of aromatic amines is 1. The predicted molar refractivity (Wildman–Crippen MR) is 210 cm³/mol. The Morgan fingerprint density at radius 1 is 1.18 bits per heavy atom. The molecule has 6 heterocycles. The third-order valence-electron chi connectivity index (χ3n) is 11.5. The topological polar surface area (TPSA) is 141 Å². The number of ether oxygens (including phenoxy) is 2. The monoisotopic (exact) mass is 790 g/mol. The van der Waals surface area contributed by atoms with Crippen molar-refractivity contribution in [3.05, 3.63) is 58.1 Å². The summed E-state index contributed by atoms with van der Waals surface area (Å²) >= 11 is 0. The number of aromatic hydroxyl groups is 1. The van der Waals surface area contributed by atoms with E-state index in [1.165, 1.54) is 50.6 Å². The van der Waals surface area contributed by atoms with Crippen LogP contribution in [0.2, 0.25) is 0 Å². The van der Waals surface area contributed by atoms with Crippen molar-refractivity contribution >= 4 is 40.1 Å². The molecular formula is C42H49F3N6O6. The van der Waals surface area contributed by atoms with Crippen LogP contribution in [0.25, 0.3) is 32.9 Å². The van der Waals surface area contributed by atoms with Gasteiger partial charge in [-0.25, -0.2) is 22.8 Å². The molecule has 8 rings (SSSR count). The maximum absolute atomic E-state index is 16.2. The molecule has 2 bridgehead atoms. The average molecular weight is 791 g/mol. The van der Waals surface area contributed by atoms with Gasteiger partial charge in [0.15, 0.2) is 5.82 Å².